The lowest BCUT2D eigenvalue weighted by Gasteiger charge is -2.08. The van der Waals surface area contributed by atoms with E-state index >= 15 is 0 Å². The summed E-state index contributed by atoms with van der Waals surface area (Å²) < 4.78 is 18.0. The molecule has 1 amide bonds. The van der Waals surface area contributed by atoms with Crippen molar-refractivity contribution in [2.45, 2.75) is 0 Å². The predicted molar refractivity (Wildman–Crippen MR) is 76.7 cm³/mol. The van der Waals surface area contributed by atoms with Crippen LogP contribution in [0.2, 0.25) is 5.02 Å². The molecular weight excluding hydrogens is 295 g/mol. The van der Waals surface area contributed by atoms with Gasteiger partial charge in [0.05, 0.1) is 10.6 Å². The van der Waals surface area contributed by atoms with Crippen molar-refractivity contribution in [2.24, 2.45) is 0 Å². The maximum Gasteiger partial charge on any atom is 0.262 e. The summed E-state index contributed by atoms with van der Waals surface area (Å²) in [7, 11) is 0. The summed E-state index contributed by atoms with van der Waals surface area (Å²) in [5.41, 5.74) is 0.808. The maximum absolute atomic E-state index is 12.7. The molecule has 0 fully saturated rings. The zero-order valence-electron chi connectivity index (χ0n) is 10.8. The van der Waals surface area contributed by atoms with E-state index in [1.807, 2.05) is 6.07 Å². The second-order valence-corrected chi connectivity index (χ2v) is 4.50. The average Bonchev–Trinajstić information content (AvgIpc) is 2.48. The molecule has 0 bridgehead atoms. The van der Waals surface area contributed by atoms with E-state index in [-0.39, 0.29) is 23.4 Å². The molecule has 6 heteroatoms. The smallest absolute Gasteiger partial charge is 0.262 e. The van der Waals surface area contributed by atoms with Gasteiger partial charge in [0.2, 0.25) is 0 Å². The van der Waals surface area contributed by atoms with Crippen LogP contribution < -0.4 is 10.1 Å². The molecule has 0 saturated heterocycles. The minimum absolute atomic E-state index is 0.223. The molecule has 2 aromatic rings. The molecule has 0 spiro atoms. The quantitative estimate of drug-likeness (QED) is 0.942. The maximum atomic E-state index is 12.7. The zero-order chi connectivity index (χ0) is 15.2. The first kappa shape index (κ1) is 14.8. The number of anilines is 1. The number of ether oxygens (including phenoxy) is 1. The van der Waals surface area contributed by atoms with E-state index in [4.69, 9.17) is 21.6 Å². The number of hydrogen-bond acceptors (Lipinski definition) is 3. The fourth-order valence-electron chi connectivity index (χ4n) is 1.56. The Bertz CT molecular complexity index is 696. The number of carbonyl (C=O) groups is 1. The van der Waals surface area contributed by atoms with Crippen LogP contribution in [-0.4, -0.2) is 12.5 Å². The van der Waals surface area contributed by atoms with Gasteiger partial charge in [0.15, 0.2) is 6.61 Å². The van der Waals surface area contributed by atoms with Crippen LogP contribution in [-0.2, 0) is 4.79 Å². The molecule has 1 N–H and O–H groups in total. The molecule has 21 heavy (non-hydrogen) atoms. The number of nitrogens with one attached hydrogen (secondary N) is 1. The molecule has 0 heterocycles. The average molecular weight is 305 g/mol. The van der Waals surface area contributed by atoms with E-state index in [9.17, 15) is 9.18 Å². The third-order valence-electron chi connectivity index (χ3n) is 2.56. The highest BCUT2D eigenvalue weighted by atomic mass is 35.5. The number of carbonyl (C=O) groups excluding carboxylic acids is 1. The van der Waals surface area contributed by atoms with Gasteiger partial charge < -0.3 is 10.1 Å². The molecule has 0 radical (unpaired) electrons. The minimum atomic E-state index is -0.387. The molecule has 0 atom stereocenters. The molecule has 0 saturated carbocycles. The number of hydrogen-bond donors (Lipinski definition) is 1. The van der Waals surface area contributed by atoms with E-state index in [1.54, 1.807) is 6.07 Å². The third kappa shape index (κ3) is 4.20. The molecule has 0 aliphatic heterocycles. The topological polar surface area (TPSA) is 62.1 Å². The van der Waals surface area contributed by atoms with Gasteiger partial charge in [0.25, 0.3) is 5.91 Å². The van der Waals surface area contributed by atoms with E-state index in [1.165, 1.54) is 36.4 Å². The Kier molecular flexibility index (Phi) is 4.75. The number of rotatable bonds is 4. The van der Waals surface area contributed by atoms with E-state index in [0.717, 1.165) is 0 Å². The van der Waals surface area contributed by atoms with E-state index in [2.05, 4.69) is 5.32 Å². The highest BCUT2D eigenvalue weighted by Crippen LogP contribution is 2.21. The third-order valence-corrected chi connectivity index (χ3v) is 2.87. The molecule has 0 aliphatic carbocycles. The Morgan fingerprint density at radius 1 is 1.29 bits per heavy atom. The zero-order valence-corrected chi connectivity index (χ0v) is 11.5. The predicted octanol–water partition coefficient (Wildman–Crippen LogP) is 3.37. The van der Waals surface area contributed by atoms with Crippen LogP contribution in [0.25, 0.3) is 0 Å². The number of benzene rings is 2. The highest BCUT2D eigenvalue weighted by molar-refractivity contribution is 6.31. The van der Waals surface area contributed by atoms with Crippen LogP contribution in [0.5, 0.6) is 5.75 Å². The second kappa shape index (κ2) is 6.73. The summed E-state index contributed by atoms with van der Waals surface area (Å²) in [6.07, 6.45) is 0. The van der Waals surface area contributed by atoms with Gasteiger partial charge in [-0.05, 0) is 36.4 Å². The first-order valence-electron chi connectivity index (χ1n) is 5.96. The summed E-state index contributed by atoms with van der Waals surface area (Å²) in [5.74, 6) is -0.383. The van der Waals surface area contributed by atoms with Crippen molar-refractivity contribution < 1.29 is 13.9 Å². The lowest BCUT2D eigenvalue weighted by molar-refractivity contribution is -0.118. The number of halogens is 2. The molecule has 0 unspecified atom stereocenters. The standard InChI is InChI=1S/C15H10ClFN2O2/c16-14-7-13(6-1-10(14)8-18)21-9-15(20)19-12-4-2-11(17)3-5-12/h1-7H,9H2,(H,19,20). The lowest BCUT2D eigenvalue weighted by atomic mass is 10.2. The van der Waals surface area contributed by atoms with Gasteiger partial charge in [0, 0.05) is 11.8 Å². The SMILES string of the molecule is N#Cc1ccc(OCC(=O)Nc2ccc(F)cc2)cc1Cl. The van der Waals surface area contributed by atoms with E-state index in [0.29, 0.717) is 17.0 Å². The van der Waals surface area contributed by atoms with Crippen LogP contribution in [0.3, 0.4) is 0 Å². The van der Waals surface area contributed by atoms with Crippen molar-refractivity contribution in [3.63, 3.8) is 0 Å². The fraction of sp³-hybridized carbons (Fsp3) is 0.0667. The van der Waals surface area contributed by atoms with Crippen LogP contribution in [0.15, 0.2) is 42.5 Å². The Morgan fingerprint density at radius 2 is 2.00 bits per heavy atom. The highest BCUT2D eigenvalue weighted by Gasteiger charge is 2.06. The van der Waals surface area contributed by atoms with Gasteiger partial charge in [-0.15, -0.1) is 0 Å². The first-order valence-corrected chi connectivity index (χ1v) is 6.34. The van der Waals surface area contributed by atoms with Crippen LogP contribution >= 0.6 is 11.6 Å². The van der Waals surface area contributed by atoms with Crippen molar-refractivity contribution in [1.29, 1.82) is 5.26 Å². The normalized spacial score (nSPS) is 9.76. The first-order chi connectivity index (χ1) is 10.1. The Hall–Kier alpha value is -2.58. The van der Waals surface area contributed by atoms with Crippen LogP contribution in [0.4, 0.5) is 10.1 Å². The summed E-state index contributed by atoms with van der Waals surface area (Å²) in [5, 5.41) is 11.6. The van der Waals surface area contributed by atoms with Gasteiger partial charge in [-0.25, -0.2) is 4.39 Å². The summed E-state index contributed by atoms with van der Waals surface area (Å²) in [6.45, 7) is -0.223. The van der Waals surface area contributed by atoms with Crippen molar-refractivity contribution in [3.05, 3.63) is 58.9 Å². The Labute approximate surface area is 125 Å². The molecule has 0 aliphatic rings. The van der Waals surface area contributed by atoms with Crippen LogP contribution in [0.1, 0.15) is 5.56 Å². The minimum Gasteiger partial charge on any atom is -0.484 e. The number of nitrogens with zero attached hydrogens (tertiary/aromatic N) is 1. The van der Waals surface area contributed by atoms with Crippen molar-refractivity contribution >= 4 is 23.2 Å². The fourth-order valence-corrected chi connectivity index (χ4v) is 1.77. The van der Waals surface area contributed by atoms with Gasteiger partial charge >= 0.3 is 0 Å². The molecule has 0 aromatic heterocycles. The second-order valence-electron chi connectivity index (χ2n) is 4.10. The van der Waals surface area contributed by atoms with Crippen LogP contribution in [0, 0.1) is 17.1 Å². The Morgan fingerprint density at radius 3 is 2.62 bits per heavy atom. The van der Waals surface area contributed by atoms with Crippen molar-refractivity contribution in [2.75, 3.05) is 11.9 Å². The van der Waals surface area contributed by atoms with Gasteiger partial charge in [-0.1, -0.05) is 11.6 Å². The van der Waals surface area contributed by atoms with Crippen molar-refractivity contribution in [3.8, 4) is 11.8 Å². The largest absolute Gasteiger partial charge is 0.484 e. The van der Waals surface area contributed by atoms with E-state index < -0.39 is 0 Å². The Balaban J connectivity index is 1.91. The number of amides is 1. The monoisotopic (exact) mass is 304 g/mol. The summed E-state index contributed by atoms with van der Waals surface area (Å²) >= 11 is 5.85. The molecular formula is C15H10ClFN2O2. The van der Waals surface area contributed by atoms with Gasteiger partial charge in [-0.3, -0.25) is 4.79 Å². The molecule has 106 valence electrons. The van der Waals surface area contributed by atoms with Crippen molar-refractivity contribution in [1.82, 2.24) is 0 Å². The number of nitriles is 1. The van der Waals surface area contributed by atoms with Gasteiger partial charge in [0.1, 0.15) is 17.6 Å². The lowest BCUT2D eigenvalue weighted by Crippen LogP contribution is -2.20. The molecule has 4 nitrogen and oxygen atoms in total. The molecule has 2 aromatic carbocycles. The summed E-state index contributed by atoms with van der Waals surface area (Å²) in [6, 6.07) is 11.8. The van der Waals surface area contributed by atoms with Gasteiger partial charge in [-0.2, -0.15) is 5.26 Å². The molecule has 2 rings (SSSR count). The summed E-state index contributed by atoms with van der Waals surface area (Å²) in [4.78, 5) is 11.7.